The van der Waals surface area contributed by atoms with Gasteiger partial charge >= 0.3 is 0 Å². The molecule has 118 valence electrons. The van der Waals surface area contributed by atoms with Crippen LogP contribution in [0.3, 0.4) is 0 Å². The zero-order chi connectivity index (χ0) is 17.3. The highest BCUT2D eigenvalue weighted by Crippen LogP contribution is 2.43. The quantitative estimate of drug-likeness (QED) is 0.473. The molecule has 0 spiro atoms. The van der Waals surface area contributed by atoms with Crippen LogP contribution in [-0.4, -0.2) is 12.0 Å². The Morgan fingerprint density at radius 2 is 1.88 bits per heavy atom. The first-order valence-electron chi connectivity index (χ1n) is 7.38. The maximum absolute atomic E-state index is 10.8. The monoisotopic (exact) mass is 317 g/mol. The highest BCUT2D eigenvalue weighted by atomic mass is 16.6. The van der Waals surface area contributed by atoms with E-state index in [4.69, 9.17) is 11.2 Å². The van der Waals surface area contributed by atoms with Crippen molar-refractivity contribution in [2.75, 3.05) is 7.11 Å². The molecule has 24 heavy (non-hydrogen) atoms. The van der Waals surface area contributed by atoms with E-state index >= 15 is 0 Å². The Hall–Kier alpha value is -3.32. The van der Waals surface area contributed by atoms with Gasteiger partial charge < -0.3 is 4.74 Å². The van der Waals surface area contributed by atoms with Crippen molar-refractivity contribution in [3.8, 4) is 18.1 Å². The van der Waals surface area contributed by atoms with Crippen molar-refractivity contribution in [3.05, 3.63) is 74.8 Å². The van der Waals surface area contributed by atoms with Crippen LogP contribution >= 0.6 is 0 Å². The maximum atomic E-state index is 10.8. The standard InChI is InChI=1S/C20H15NO3/c1-4-17-13(2)19(18-10-9-16(24-3)12-20(17)18)11-14-5-7-15(8-6-14)21(22)23/h1,5-12H,2-3H3. The Morgan fingerprint density at radius 3 is 2.46 bits per heavy atom. The number of rotatable bonds is 3. The van der Waals surface area contributed by atoms with Crippen LogP contribution in [0.25, 0.3) is 17.2 Å². The van der Waals surface area contributed by atoms with Crippen LogP contribution < -0.4 is 4.74 Å². The number of terminal acetylenes is 1. The highest BCUT2D eigenvalue weighted by molar-refractivity contribution is 6.08. The lowest BCUT2D eigenvalue weighted by atomic mass is 10.0. The van der Waals surface area contributed by atoms with Crippen molar-refractivity contribution in [1.82, 2.24) is 0 Å². The molecular formula is C20H15NO3. The minimum absolute atomic E-state index is 0.0743. The molecule has 0 saturated heterocycles. The largest absolute Gasteiger partial charge is 0.497 e. The molecule has 0 unspecified atom stereocenters. The van der Waals surface area contributed by atoms with Gasteiger partial charge in [0.05, 0.1) is 12.0 Å². The molecule has 2 aromatic rings. The first-order chi connectivity index (χ1) is 11.5. The summed E-state index contributed by atoms with van der Waals surface area (Å²) in [6.07, 6.45) is 7.68. The number of ether oxygens (including phenoxy) is 1. The number of hydrogen-bond donors (Lipinski definition) is 0. The summed E-state index contributed by atoms with van der Waals surface area (Å²) in [6, 6.07) is 12.3. The molecule has 4 nitrogen and oxygen atoms in total. The number of methoxy groups -OCH3 is 1. The summed E-state index contributed by atoms with van der Waals surface area (Å²) >= 11 is 0. The smallest absolute Gasteiger partial charge is 0.269 e. The second-order valence-corrected chi connectivity index (χ2v) is 5.46. The summed E-state index contributed by atoms with van der Waals surface area (Å²) in [6.45, 7) is 1.99. The third kappa shape index (κ3) is 2.57. The normalized spacial score (nSPS) is 14.5. The van der Waals surface area contributed by atoms with Crippen molar-refractivity contribution in [2.24, 2.45) is 0 Å². The topological polar surface area (TPSA) is 52.4 Å². The van der Waals surface area contributed by atoms with E-state index in [1.165, 1.54) is 12.1 Å². The van der Waals surface area contributed by atoms with E-state index in [0.29, 0.717) is 0 Å². The summed E-state index contributed by atoms with van der Waals surface area (Å²) < 4.78 is 5.28. The summed E-state index contributed by atoms with van der Waals surface area (Å²) in [5.74, 6) is 3.51. The molecule has 0 aromatic heterocycles. The molecule has 0 saturated carbocycles. The number of fused-ring (bicyclic) bond motifs is 1. The number of allylic oxidation sites excluding steroid dienone is 3. The maximum Gasteiger partial charge on any atom is 0.269 e. The van der Waals surface area contributed by atoms with Gasteiger partial charge in [-0.1, -0.05) is 12.0 Å². The lowest BCUT2D eigenvalue weighted by molar-refractivity contribution is -0.384. The fraction of sp³-hybridized carbons (Fsp3) is 0.100. The second-order valence-electron chi connectivity index (χ2n) is 5.46. The lowest BCUT2D eigenvalue weighted by Crippen LogP contribution is -1.88. The summed E-state index contributed by atoms with van der Waals surface area (Å²) in [7, 11) is 1.62. The van der Waals surface area contributed by atoms with Gasteiger partial charge in [-0.15, -0.1) is 6.42 Å². The van der Waals surface area contributed by atoms with E-state index in [1.54, 1.807) is 19.2 Å². The Morgan fingerprint density at radius 1 is 1.17 bits per heavy atom. The van der Waals surface area contributed by atoms with Crippen LogP contribution in [0, 0.1) is 22.5 Å². The Bertz CT molecular complexity index is 928. The van der Waals surface area contributed by atoms with Crippen LogP contribution in [0.1, 0.15) is 23.6 Å². The molecule has 0 heterocycles. The Labute approximate surface area is 140 Å². The van der Waals surface area contributed by atoms with Crippen molar-refractivity contribution in [1.29, 1.82) is 0 Å². The van der Waals surface area contributed by atoms with Gasteiger partial charge in [0.1, 0.15) is 5.75 Å². The third-order valence-corrected chi connectivity index (χ3v) is 4.12. The molecule has 4 heteroatoms. The van der Waals surface area contributed by atoms with Crippen molar-refractivity contribution < 1.29 is 9.66 Å². The molecular weight excluding hydrogens is 302 g/mol. The fourth-order valence-corrected chi connectivity index (χ4v) is 2.86. The predicted octanol–water partition coefficient (Wildman–Crippen LogP) is 4.56. The predicted molar refractivity (Wildman–Crippen MR) is 95.4 cm³/mol. The molecule has 0 amide bonds. The summed E-state index contributed by atoms with van der Waals surface area (Å²) in [5, 5.41) is 10.8. The SMILES string of the molecule is C#CC1=C(C)C(=Cc2ccc([N+](=O)[O-])cc2)c2ccc(OC)cc21. The van der Waals surface area contributed by atoms with Crippen molar-refractivity contribution in [2.45, 2.75) is 6.92 Å². The van der Waals surface area contributed by atoms with Crippen LogP contribution in [0.4, 0.5) is 5.69 Å². The average Bonchev–Trinajstić information content (AvgIpc) is 2.86. The number of benzene rings is 2. The lowest BCUT2D eigenvalue weighted by Gasteiger charge is -2.06. The molecule has 0 fully saturated rings. The first-order valence-corrected chi connectivity index (χ1v) is 7.38. The van der Waals surface area contributed by atoms with E-state index in [2.05, 4.69) is 5.92 Å². The molecule has 0 N–H and O–H groups in total. The molecule has 2 aromatic carbocycles. The van der Waals surface area contributed by atoms with Gasteiger partial charge in [0.25, 0.3) is 5.69 Å². The zero-order valence-electron chi connectivity index (χ0n) is 13.4. The number of nitro groups is 1. The van der Waals surface area contributed by atoms with Crippen molar-refractivity contribution in [3.63, 3.8) is 0 Å². The van der Waals surface area contributed by atoms with Crippen molar-refractivity contribution >= 4 is 22.9 Å². The van der Waals surface area contributed by atoms with E-state index in [-0.39, 0.29) is 5.69 Å². The summed E-state index contributed by atoms with van der Waals surface area (Å²) in [5.41, 5.74) is 5.85. The average molecular weight is 317 g/mol. The van der Waals surface area contributed by atoms with Gasteiger partial charge in [0.2, 0.25) is 0 Å². The molecule has 3 rings (SSSR count). The van der Waals surface area contributed by atoms with Gasteiger partial charge in [0, 0.05) is 23.3 Å². The third-order valence-electron chi connectivity index (χ3n) is 4.12. The van der Waals surface area contributed by atoms with Gasteiger partial charge in [-0.2, -0.15) is 0 Å². The number of nitro benzene ring substituents is 1. The minimum atomic E-state index is -0.407. The molecule has 1 aliphatic rings. The second kappa shape index (κ2) is 6.05. The van der Waals surface area contributed by atoms with Crippen LogP contribution in [0.15, 0.2) is 48.0 Å². The van der Waals surface area contributed by atoms with E-state index in [0.717, 1.165) is 39.2 Å². The molecule has 0 atom stereocenters. The fourth-order valence-electron chi connectivity index (χ4n) is 2.86. The Balaban J connectivity index is 2.10. The zero-order valence-corrected chi connectivity index (χ0v) is 13.4. The van der Waals surface area contributed by atoms with Crippen LogP contribution in [0.5, 0.6) is 5.75 Å². The van der Waals surface area contributed by atoms with Crippen LogP contribution in [-0.2, 0) is 0 Å². The van der Waals surface area contributed by atoms with E-state index in [1.807, 2.05) is 31.2 Å². The number of nitrogens with zero attached hydrogens (tertiary/aromatic N) is 1. The molecule has 0 bridgehead atoms. The van der Waals surface area contributed by atoms with Gasteiger partial charge in [-0.05, 0) is 59.5 Å². The van der Waals surface area contributed by atoms with Gasteiger partial charge in [-0.25, -0.2) is 0 Å². The van der Waals surface area contributed by atoms with Gasteiger partial charge in [-0.3, -0.25) is 10.1 Å². The molecule has 0 radical (unpaired) electrons. The minimum Gasteiger partial charge on any atom is -0.497 e. The van der Waals surface area contributed by atoms with Crippen LogP contribution in [0.2, 0.25) is 0 Å². The number of hydrogen-bond acceptors (Lipinski definition) is 3. The summed E-state index contributed by atoms with van der Waals surface area (Å²) in [4.78, 5) is 10.4. The first kappa shape index (κ1) is 15.6. The Kier molecular flexibility index (Phi) is 3.93. The van der Waals surface area contributed by atoms with E-state index < -0.39 is 4.92 Å². The highest BCUT2D eigenvalue weighted by Gasteiger charge is 2.23. The molecule has 1 aliphatic carbocycles. The molecule has 0 aliphatic heterocycles. The number of non-ortho nitro benzene ring substituents is 1. The van der Waals surface area contributed by atoms with Gasteiger partial charge in [0.15, 0.2) is 0 Å². The van der Waals surface area contributed by atoms with E-state index in [9.17, 15) is 10.1 Å².